The monoisotopic (exact) mass is 359 g/mol. The van der Waals surface area contributed by atoms with Crippen LogP contribution in [0.4, 0.5) is 5.82 Å². The van der Waals surface area contributed by atoms with Crippen LogP contribution in [-0.4, -0.2) is 0 Å². The summed E-state index contributed by atoms with van der Waals surface area (Å²) in [5, 5.41) is 2.38. The Balaban J connectivity index is 2.27. The lowest BCUT2D eigenvalue weighted by Crippen LogP contribution is -2.22. The van der Waals surface area contributed by atoms with Gasteiger partial charge >= 0.3 is 5.63 Å². The van der Waals surface area contributed by atoms with Gasteiger partial charge in [-0.2, -0.15) is 0 Å². The number of fused-ring (bicyclic) bond motifs is 5. The molecule has 1 aliphatic rings. The molecule has 0 amide bonds. The summed E-state index contributed by atoms with van der Waals surface area (Å²) < 4.78 is 6.42. The molecule has 0 atom stereocenters. The van der Waals surface area contributed by atoms with E-state index in [1.54, 1.807) is 0 Å². The second-order valence-corrected chi connectivity index (χ2v) is 6.75. The average Bonchev–Trinajstić information content (AvgIpc) is 2.72. The lowest BCUT2D eigenvalue weighted by atomic mass is 9.98. The second kappa shape index (κ2) is 5.09. The largest absolute Gasteiger partial charge is 0.422 e. The first-order valence-electron chi connectivity index (χ1n) is 7.54. The summed E-state index contributed by atoms with van der Waals surface area (Å²) in [6.45, 7) is 0. The van der Waals surface area contributed by atoms with Gasteiger partial charge in [0.2, 0.25) is 0 Å². The van der Waals surface area contributed by atoms with E-state index in [1.807, 2.05) is 18.2 Å². The minimum Gasteiger partial charge on any atom is -0.422 e. The third kappa shape index (κ3) is 2.03. The maximum atomic E-state index is 12.4. The van der Waals surface area contributed by atoms with Crippen molar-refractivity contribution in [3.8, 4) is 0 Å². The van der Waals surface area contributed by atoms with Gasteiger partial charge in [0.05, 0.1) is 0 Å². The standard InChI is InChI=1S/C17H15BrN2O2/c18-9-6-7-13-11(8-9)14-10-4-2-1-3-5-12(10)20-16(19)15(14)17(21)22-13/h6-8H,1-5H2,(H2,19,20)/p+1. The van der Waals surface area contributed by atoms with Crippen LogP contribution in [-0.2, 0) is 12.8 Å². The fourth-order valence-corrected chi connectivity index (χ4v) is 3.81. The summed E-state index contributed by atoms with van der Waals surface area (Å²) in [7, 11) is 0. The zero-order chi connectivity index (χ0) is 15.3. The lowest BCUT2D eigenvalue weighted by molar-refractivity contribution is -0.371. The summed E-state index contributed by atoms with van der Waals surface area (Å²) in [5.41, 5.74) is 8.75. The number of pyridine rings is 1. The number of benzene rings is 1. The molecule has 0 radical (unpaired) electrons. The SMILES string of the molecule is Nc1[nH+]c2c(c3c1c(=O)oc1ccc(Br)cc13)CCCCC2. The van der Waals surface area contributed by atoms with Crippen molar-refractivity contribution in [2.75, 3.05) is 5.73 Å². The number of nitrogens with two attached hydrogens (primary N) is 1. The Labute approximate surface area is 135 Å². The molecule has 1 aromatic carbocycles. The molecule has 2 aromatic heterocycles. The lowest BCUT2D eigenvalue weighted by Gasteiger charge is -2.10. The van der Waals surface area contributed by atoms with Crippen LogP contribution in [0.1, 0.15) is 30.5 Å². The van der Waals surface area contributed by atoms with E-state index in [0.717, 1.165) is 46.6 Å². The summed E-state index contributed by atoms with van der Waals surface area (Å²) >= 11 is 3.51. The maximum Gasteiger partial charge on any atom is 0.352 e. The molecule has 0 spiro atoms. The molecule has 2 heterocycles. The molecule has 0 saturated heterocycles. The molecule has 4 nitrogen and oxygen atoms in total. The Morgan fingerprint density at radius 2 is 1.95 bits per heavy atom. The molecule has 0 bridgehead atoms. The van der Waals surface area contributed by atoms with Crippen LogP contribution in [0, 0.1) is 0 Å². The van der Waals surface area contributed by atoms with Crippen molar-refractivity contribution < 1.29 is 9.40 Å². The van der Waals surface area contributed by atoms with Gasteiger partial charge in [0, 0.05) is 27.2 Å². The molecule has 0 saturated carbocycles. The normalized spacial score (nSPS) is 15.0. The van der Waals surface area contributed by atoms with Crippen molar-refractivity contribution in [2.24, 2.45) is 0 Å². The van der Waals surface area contributed by atoms with Gasteiger partial charge in [0.15, 0.2) is 5.39 Å². The minimum atomic E-state index is -0.370. The van der Waals surface area contributed by atoms with Crippen LogP contribution >= 0.6 is 15.9 Å². The third-order valence-corrected chi connectivity index (χ3v) is 4.94. The average molecular weight is 360 g/mol. The molecule has 0 fully saturated rings. The number of anilines is 1. The van der Waals surface area contributed by atoms with Crippen LogP contribution in [0.3, 0.4) is 0 Å². The number of nitrogens with one attached hydrogen (secondary N) is 1. The van der Waals surface area contributed by atoms with Crippen molar-refractivity contribution in [1.29, 1.82) is 0 Å². The van der Waals surface area contributed by atoms with Gasteiger partial charge < -0.3 is 4.42 Å². The van der Waals surface area contributed by atoms with Crippen LogP contribution < -0.4 is 16.3 Å². The van der Waals surface area contributed by atoms with Crippen LogP contribution in [0.25, 0.3) is 21.7 Å². The maximum absolute atomic E-state index is 12.4. The van der Waals surface area contributed by atoms with Gasteiger partial charge in [-0.1, -0.05) is 22.4 Å². The number of nitrogen functional groups attached to an aromatic ring is 1. The summed E-state index contributed by atoms with van der Waals surface area (Å²) in [4.78, 5) is 15.6. The van der Waals surface area contributed by atoms with E-state index in [2.05, 4.69) is 20.9 Å². The summed E-state index contributed by atoms with van der Waals surface area (Å²) in [6, 6.07) is 5.72. The van der Waals surface area contributed by atoms with Gasteiger partial charge in [-0.25, -0.2) is 9.78 Å². The van der Waals surface area contributed by atoms with Crippen LogP contribution in [0.5, 0.6) is 0 Å². The van der Waals surface area contributed by atoms with E-state index >= 15 is 0 Å². The molecule has 112 valence electrons. The highest BCUT2D eigenvalue weighted by atomic mass is 79.9. The molecule has 0 aliphatic heterocycles. The van der Waals surface area contributed by atoms with Crippen LogP contribution in [0.15, 0.2) is 31.9 Å². The van der Waals surface area contributed by atoms with E-state index < -0.39 is 0 Å². The first-order valence-corrected chi connectivity index (χ1v) is 8.33. The fourth-order valence-electron chi connectivity index (χ4n) is 3.45. The third-order valence-electron chi connectivity index (χ3n) is 4.44. The first-order chi connectivity index (χ1) is 10.6. The zero-order valence-corrected chi connectivity index (χ0v) is 13.6. The van der Waals surface area contributed by atoms with Crippen molar-refractivity contribution in [3.05, 3.63) is 44.3 Å². The molecule has 5 heteroatoms. The van der Waals surface area contributed by atoms with E-state index in [9.17, 15) is 4.79 Å². The highest BCUT2D eigenvalue weighted by Gasteiger charge is 2.23. The van der Waals surface area contributed by atoms with Gasteiger partial charge in [-0.3, -0.25) is 5.73 Å². The Morgan fingerprint density at radius 3 is 2.82 bits per heavy atom. The number of rotatable bonds is 0. The Hall–Kier alpha value is -1.88. The quantitative estimate of drug-likeness (QED) is 0.380. The second-order valence-electron chi connectivity index (χ2n) is 5.84. The van der Waals surface area contributed by atoms with Crippen molar-refractivity contribution in [3.63, 3.8) is 0 Å². The molecular weight excluding hydrogens is 344 g/mol. The number of halogens is 1. The zero-order valence-electron chi connectivity index (χ0n) is 12.0. The molecule has 4 rings (SSSR count). The molecule has 0 unspecified atom stereocenters. The molecule has 22 heavy (non-hydrogen) atoms. The highest BCUT2D eigenvalue weighted by Crippen LogP contribution is 2.33. The van der Waals surface area contributed by atoms with E-state index in [-0.39, 0.29) is 5.63 Å². The number of hydrogen-bond donors (Lipinski definition) is 1. The predicted octanol–water partition coefficient (Wildman–Crippen LogP) is 3.37. The summed E-state index contributed by atoms with van der Waals surface area (Å²) in [6.07, 6.45) is 5.43. The molecule has 3 N–H and O–H groups in total. The molecular formula is C17H16BrN2O2+. The van der Waals surface area contributed by atoms with E-state index in [4.69, 9.17) is 10.2 Å². The van der Waals surface area contributed by atoms with Gasteiger partial charge in [-0.05, 0) is 37.5 Å². The van der Waals surface area contributed by atoms with Crippen molar-refractivity contribution >= 4 is 43.5 Å². The topological polar surface area (TPSA) is 70.4 Å². The number of aromatic nitrogens is 1. The number of hydrogen-bond acceptors (Lipinski definition) is 3. The van der Waals surface area contributed by atoms with Crippen molar-refractivity contribution in [2.45, 2.75) is 32.1 Å². The van der Waals surface area contributed by atoms with E-state index in [0.29, 0.717) is 16.8 Å². The van der Waals surface area contributed by atoms with E-state index in [1.165, 1.54) is 12.0 Å². The predicted molar refractivity (Wildman–Crippen MR) is 89.9 cm³/mol. The van der Waals surface area contributed by atoms with Crippen molar-refractivity contribution in [1.82, 2.24) is 0 Å². The first kappa shape index (κ1) is 13.8. The molecule has 3 aromatic rings. The number of H-pyrrole nitrogens is 1. The minimum absolute atomic E-state index is 0.370. The van der Waals surface area contributed by atoms with Crippen LogP contribution in [0.2, 0.25) is 0 Å². The Kier molecular flexibility index (Phi) is 3.18. The fraction of sp³-hybridized carbons (Fsp3) is 0.294. The number of aryl methyl sites for hydroxylation is 2. The smallest absolute Gasteiger partial charge is 0.352 e. The Morgan fingerprint density at radius 1 is 1.14 bits per heavy atom. The summed E-state index contributed by atoms with van der Waals surface area (Å²) in [5.74, 6) is 0.409. The molecule has 1 aliphatic carbocycles. The highest BCUT2D eigenvalue weighted by molar-refractivity contribution is 9.10. The number of aromatic amines is 1. The van der Waals surface area contributed by atoms with Gasteiger partial charge in [-0.15, -0.1) is 0 Å². The van der Waals surface area contributed by atoms with Gasteiger partial charge in [0.1, 0.15) is 11.3 Å². The Bertz CT molecular complexity index is 962. The van der Waals surface area contributed by atoms with Gasteiger partial charge in [0.25, 0.3) is 5.82 Å².